The second-order valence-corrected chi connectivity index (χ2v) is 29.4. The zero-order chi connectivity index (χ0) is 87.0. The number of aliphatic hydroxyl groups excluding tert-OH is 26. The Bertz CT molecular complexity index is 3140. The number of carboxylic acids is 1. The average Bonchev–Trinajstić information content (AvgIpc) is 0.750. The number of hydrogen-bond acceptors (Lipinski definition) is 47. The first-order valence-corrected chi connectivity index (χ1v) is 37.0. The Labute approximate surface area is 662 Å². The Balaban J connectivity index is 1.09. The molecule has 8 saturated heterocycles. The zero-order valence-corrected chi connectivity index (χ0v) is 63.1. The van der Waals surface area contributed by atoms with Gasteiger partial charge in [-0.25, -0.2) is 4.79 Å². The quantitative estimate of drug-likeness (QED) is 0.0280. The maximum atomic E-state index is 13.2. The third-order valence-electron chi connectivity index (χ3n) is 20.9. The molecule has 0 aromatic heterocycles. The molecule has 31 N–H and O–H groups in total. The molecule has 0 aromatic carbocycles. The van der Waals surface area contributed by atoms with Crippen molar-refractivity contribution >= 4 is 29.6 Å². The molecule has 0 saturated carbocycles. The minimum atomic E-state index is -3.30. The van der Waals surface area contributed by atoms with Gasteiger partial charge < -0.3 is 235 Å². The number of hydrogen-bond donors (Lipinski definition) is 31. The Kier molecular flexibility index (Phi) is 35.9. The first-order chi connectivity index (χ1) is 55.1. The lowest BCUT2D eigenvalue weighted by molar-refractivity contribution is -0.399. The molecule has 8 unspecified atom stereocenters. The Morgan fingerprint density at radius 3 is 1.36 bits per heavy atom. The van der Waals surface area contributed by atoms with Gasteiger partial charge in [0, 0.05) is 34.1 Å². The summed E-state index contributed by atoms with van der Waals surface area (Å²) in [7, 11) is 0. The number of nitrogens with one attached hydrogen (secondary N) is 4. The third-order valence-corrected chi connectivity index (χ3v) is 20.9. The minimum Gasteiger partial charge on any atom is -0.477 e. The van der Waals surface area contributed by atoms with Crippen LogP contribution in [-0.2, 0) is 99.8 Å². The van der Waals surface area contributed by atoms with Crippen molar-refractivity contribution in [2.24, 2.45) is 0 Å². The molecule has 8 fully saturated rings. The Morgan fingerprint density at radius 1 is 0.410 bits per heavy atom. The van der Waals surface area contributed by atoms with Crippen molar-refractivity contribution in [3.8, 4) is 0 Å². The van der Waals surface area contributed by atoms with E-state index in [4.69, 9.17) is 75.8 Å². The monoisotopic (exact) mass is 1710 g/mol. The van der Waals surface area contributed by atoms with Crippen LogP contribution < -0.4 is 21.3 Å². The molecule has 0 spiro atoms. The molecule has 52 nitrogen and oxygen atoms in total. The average molecular weight is 1720 g/mol. The number of ether oxygens (including phenoxy) is 16. The zero-order valence-electron chi connectivity index (χ0n) is 63.1. The molecule has 0 bridgehead atoms. The highest BCUT2D eigenvalue weighted by atomic mass is 16.8. The molecule has 678 valence electrons. The highest BCUT2D eigenvalue weighted by Gasteiger charge is 2.63. The van der Waals surface area contributed by atoms with Crippen molar-refractivity contribution in [1.29, 1.82) is 0 Å². The molecule has 8 rings (SSSR count). The number of carbonyl (C=O) groups is 5. The van der Waals surface area contributed by atoms with Gasteiger partial charge in [-0.1, -0.05) is 0 Å². The molecule has 45 atom stereocenters. The Hall–Kier alpha value is -4.33. The first-order valence-electron chi connectivity index (χ1n) is 37.0. The van der Waals surface area contributed by atoms with Crippen LogP contribution in [-0.4, -0.2) is 502 Å². The van der Waals surface area contributed by atoms with E-state index in [1.54, 1.807) is 0 Å². The van der Waals surface area contributed by atoms with Crippen molar-refractivity contribution in [1.82, 2.24) is 21.3 Å². The van der Waals surface area contributed by atoms with E-state index in [0.29, 0.717) is 0 Å². The van der Waals surface area contributed by atoms with Gasteiger partial charge in [0.15, 0.2) is 44.0 Å². The normalized spacial score (nSPS) is 45.0. The Morgan fingerprint density at radius 2 is 0.846 bits per heavy atom. The van der Waals surface area contributed by atoms with Gasteiger partial charge in [0.1, 0.15) is 201 Å². The molecule has 8 aliphatic heterocycles. The topological polar surface area (TPSA) is 827 Å². The van der Waals surface area contributed by atoms with Gasteiger partial charge in [0.25, 0.3) is 5.79 Å². The smallest absolute Gasteiger partial charge is 0.364 e. The van der Waals surface area contributed by atoms with Crippen molar-refractivity contribution in [3.05, 3.63) is 0 Å². The van der Waals surface area contributed by atoms with E-state index in [1.807, 2.05) is 0 Å². The molecular weight excluding hydrogens is 1600 g/mol. The van der Waals surface area contributed by atoms with Gasteiger partial charge in [0.05, 0.1) is 83.8 Å². The van der Waals surface area contributed by atoms with E-state index in [9.17, 15) is 162 Å². The first kappa shape index (κ1) is 98.1. The van der Waals surface area contributed by atoms with Crippen molar-refractivity contribution < 1.29 is 238 Å². The van der Waals surface area contributed by atoms with Crippen LogP contribution in [0.15, 0.2) is 0 Å². The molecular formula is C65H110N4O48. The fraction of sp³-hybridized carbons (Fsp3) is 0.923. The molecule has 4 amide bonds. The summed E-state index contributed by atoms with van der Waals surface area (Å²) in [6, 6.07) is -7.61. The second kappa shape index (κ2) is 42.8. The molecule has 0 aliphatic carbocycles. The predicted molar refractivity (Wildman–Crippen MR) is 361 cm³/mol. The summed E-state index contributed by atoms with van der Waals surface area (Å²) >= 11 is 0. The predicted octanol–water partition coefficient (Wildman–Crippen LogP) is -20.2. The van der Waals surface area contributed by atoms with Crippen molar-refractivity contribution in [3.63, 3.8) is 0 Å². The van der Waals surface area contributed by atoms with Crippen LogP contribution in [0.5, 0.6) is 0 Å². The van der Waals surface area contributed by atoms with Crippen LogP contribution in [0.25, 0.3) is 0 Å². The third kappa shape index (κ3) is 22.4. The number of rotatable bonds is 35. The molecule has 8 aliphatic rings. The number of aliphatic hydroxyl groups is 26. The number of carbonyl (C=O) groups excluding carboxylic acids is 4. The highest BCUT2D eigenvalue weighted by Crippen LogP contribution is 2.41. The van der Waals surface area contributed by atoms with E-state index in [2.05, 4.69) is 21.3 Å². The van der Waals surface area contributed by atoms with E-state index >= 15 is 0 Å². The fourth-order valence-electron chi connectivity index (χ4n) is 14.6. The standard InChI is InChI=1S/C65H110N4O48/c1-16-34(84)43(93)46(96)59(104-16)102-14-24(83)50(35(85)21(7-70)66-17(2)77)111-57-32(68-19(4)79)41(91)51(28(12-75)108-57)112-61-48(98)54(40(90)30(110-61)15-103-60-47(97)44(94)37(87)25(9-72)105-60)114-63-56(45(95)38(88)26(10-73)107-63)115-58-33(69-20(5)80)42(92)52(29(13-76)109-58)113-62-49(99)55(39(89)27(11-74)106-62)117-65(64(100)101)6-22(81)31(67-18(3)78)53(116-65)36(86)23(82)8-71/h16,21-63,70-76,81-99H,6-15H2,1-5H3,(H,66,77)(H,67,78)(H,68,79)(H,69,80)(H,100,101)/t16-,21-,22-,23+,24+,25+,26+,27+,28+,29+,30+,31+,32+,33+,34+,35+,36+,37+,38+,39-,40+,41+,42+,43+,44-,45-,46-,47-,48-,49+,50+,51+,52+,53+,54-,55-,56-,57?,58?,59?,60?,61?,62?,63?,65?/m0/s1. The molecule has 117 heavy (non-hydrogen) atoms. The number of aliphatic carboxylic acids is 1. The van der Waals surface area contributed by atoms with Crippen LogP contribution in [0, 0.1) is 0 Å². The molecule has 8 heterocycles. The largest absolute Gasteiger partial charge is 0.477 e. The van der Waals surface area contributed by atoms with Crippen molar-refractivity contribution in [2.75, 3.05) is 59.5 Å². The molecule has 52 heteroatoms. The number of amides is 4. The van der Waals surface area contributed by atoms with Gasteiger partial charge in [-0.05, 0) is 6.92 Å². The lowest BCUT2D eigenvalue weighted by Crippen LogP contribution is -2.71. The number of carboxylic acid groups (broad SMARTS) is 1. The summed E-state index contributed by atoms with van der Waals surface area (Å²) in [6.07, 6.45) is -87.6. The maximum absolute atomic E-state index is 13.2. The summed E-state index contributed by atoms with van der Waals surface area (Å²) < 4.78 is 93.6. The van der Waals surface area contributed by atoms with Gasteiger partial charge in [-0.15, -0.1) is 0 Å². The van der Waals surface area contributed by atoms with Crippen LogP contribution in [0.1, 0.15) is 41.0 Å². The summed E-state index contributed by atoms with van der Waals surface area (Å²) in [5.41, 5.74) is 0. The SMILES string of the molecule is CC(=O)N[C@H]1[C@H]([C@H](O)[C@H](O)CO)OC(O[C@H]2[C@@H](O)[C@@H](CO)OC(O[C@H]3[C@H](O)[C@@H](NC(C)=O)C(O[C@@H]4C(O[C@H]5[C@H](O)[C@@H](COC6O[C@H](CO)[C@@H](O)[C@H](O)[C@@H]6O)OC(O[C@H]6[C@H](O)[C@@H](NC(C)=O)C(O[C@@H]([C@H](O)[C@H](CO)NC(C)=O)[C@H](O)COC7O[C@@H](C)[C@@H](O)[C@@H](O)[C@@H]7O)O[C@@H]6CO)[C@H]5O)O[C@H](CO)[C@@H](O)[C@@H]4O)O[C@@H]3CO)[C@@H]2O)(C(=O)O)C[C@@H]1O. The summed E-state index contributed by atoms with van der Waals surface area (Å²) in [5.74, 6) is -9.24. The van der Waals surface area contributed by atoms with E-state index in [1.165, 1.54) is 6.92 Å². The van der Waals surface area contributed by atoms with Gasteiger partial charge in [0.2, 0.25) is 23.6 Å². The van der Waals surface area contributed by atoms with Crippen LogP contribution in [0.4, 0.5) is 0 Å². The fourth-order valence-corrected chi connectivity index (χ4v) is 14.6. The van der Waals surface area contributed by atoms with E-state index < -0.39 is 371 Å². The van der Waals surface area contributed by atoms with E-state index in [-0.39, 0.29) is 0 Å². The summed E-state index contributed by atoms with van der Waals surface area (Å²) in [6.45, 7) is -5.41. The summed E-state index contributed by atoms with van der Waals surface area (Å²) in [5, 5.41) is 309. The van der Waals surface area contributed by atoms with Crippen molar-refractivity contribution in [2.45, 2.75) is 316 Å². The second-order valence-electron chi connectivity index (χ2n) is 29.4. The van der Waals surface area contributed by atoms with Gasteiger partial charge in [-0.3, -0.25) is 19.2 Å². The van der Waals surface area contributed by atoms with Gasteiger partial charge in [-0.2, -0.15) is 0 Å². The van der Waals surface area contributed by atoms with Crippen LogP contribution >= 0.6 is 0 Å². The van der Waals surface area contributed by atoms with Crippen LogP contribution in [0.3, 0.4) is 0 Å². The lowest BCUT2D eigenvalue weighted by atomic mass is 9.88. The molecule has 0 radical (unpaired) electrons. The minimum absolute atomic E-state index is 0.854. The van der Waals surface area contributed by atoms with Gasteiger partial charge >= 0.3 is 5.97 Å². The highest BCUT2D eigenvalue weighted by molar-refractivity contribution is 5.77. The summed E-state index contributed by atoms with van der Waals surface area (Å²) in [4.78, 5) is 63.9. The lowest BCUT2D eigenvalue weighted by Gasteiger charge is -2.51. The van der Waals surface area contributed by atoms with Crippen LogP contribution in [0.2, 0.25) is 0 Å². The van der Waals surface area contributed by atoms with E-state index in [0.717, 1.165) is 27.7 Å². The maximum Gasteiger partial charge on any atom is 0.364 e. The molecule has 0 aromatic rings.